The number of benzene rings is 2. The third-order valence-corrected chi connectivity index (χ3v) is 4.11. The second kappa shape index (κ2) is 7.96. The van der Waals surface area contributed by atoms with Gasteiger partial charge >= 0.3 is 6.18 Å². The van der Waals surface area contributed by atoms with E-state index >= 15 is 0 Å². The van der Waals surface area contributed by atoms with E-state index in [9.17, 15) is 22.4 Å². The molecule has 1 saturated heterocycles. The van der Waals surface area contributed by atoms with Gasteiger partial charge in [0.25, 0.3) is 5.91 Å². The molecular formula is C19H17F4NO3. The van der Waals surface area contributed by atoms with E-state index in [1.165, 1.54) is 12.1 Å². The van der Waals surface area contributed by atoms with Crippen molar-refractivity contribution in [2.75, 3.05) is 18.5 Å². The van der Waals surface area contributed by atoms with Crippen LogP contribution in [0.25, 0.3) is 0 Å². The average molecular weight is 383 g/mol. The van der Waals surface area contributed by atoms with Gasteiger partial charge in [0.15, 0.2) is 0 Å². The molecule has 144 valence electrons. The van der Waals surface area contributed by atoms with Gasteiger partial charge in [0.1, 0.15) is 18.2 Å². The van der Waals surface area contributed by atoms with Crippen LogP contribution in [0.5, 0.6) is 5.75 Å². The first-order valence-electron chi connectivity index (χ1n) is 8.35. The molecule has 0 spiro atoms. The lowest BCUT2D eigenvalue weighted by Crippen LogP contribution is -2.16. The molecule has 2 aromatic carbocycles. The molecule has 2 aromatic rings. The molecule has 0 aliphatic carbocycles. The molecule has 0 radical (unpaired) electrons. The van der Waals surface area contributed by atoms with Gasteiger partial charge in [-0.2, -0.15) is 13.2 Å². The van der Waals surface area contributed by atoms with Crippen LogP contribution in [-0.2, 0) is 10.9 Å². The van der Waals surface area contributed by atoms with E-state index < -0.39 is 23.5 Å². The van der Waals surface area contributed by atoms with E-state index in [2.05, 4.69) is 5.32 Å². The molecule has 1 aliphatic rings. The van der Waals surface area contributed by atoms with Crippen LogP contribution in [0.15, 0.2) is 42.5 Å². The zero-order valence-electron chi connectivity index (χ0n) is 14.2. The fourth-order valence-electron chi connectivity index (χ4n) is 2.69. The fourth-order valence-corrected chi connectivity index (χ4v) is 2.69. The number of nitrogens with one attached hydrogen (secondary N) is 1. The van der Waals surface area contributed by atoms with Gasteiger partial charge in [-0.3, -0.25) is 4.79 Å². The Kier molecular flexibility index (Phi) is 5.65. The van der Waals surface area contributed by atoms with Crippen molar-refractivity contribution in [2.24, 2.45) is 0 Å². The summed E-state index contributed by atoms with van der Waals surface area (Å²) in [5.41, 5.74) is -1.34. The minimum absolute atomic E-state index is 0.0641. The van der Waals surface area contributed by atoms with E-state index in [1.807, 2.05) is 0 Å². The van der Waals surface area contributed by atoms with Crippen molar-refractivity contribution in [1.82, 2.24) is 0 Å². The van der Waals surface area contributed by atoms with Gasteiger partial charge in [-0.1, -0.05) is 0 Å². The summed E-state index contributed by atoms with van der Waals surface area (Å²) in [7, 11) is 0. The lowest BCUT2D eigenvalue weighted by molar-refractivity contribution is -0.139. The van der Waals surface area contributed by atoms with Gasteiger partial charge in [0.05, 0.1) is 11.7 Å². The smallest absolute Gasteiger partial charge is 0.419 e. The first-order chi connectivity index (χ1) is 12.8. The Morgan fingerprint density at radius 2 is 1.93 bits per heavy atom. The van der Waals surface area contributed by atoms with Crippen molar-refractivity contribution < 1.29 is 31.8 Å². The maximum Gasteiger partial charge on any atom is 0.419 e. The topological polar surface area (TPSA) is 47.6 Å². The van der Waals surface area contributed by atoms with E-state index in [0.29, 0.717) is 24.5 Å². The molecule has 1 heterocycles. The lowest BCUT2D eigenvalue weighted by Gasteiger charge is -2.12. The van der Waals surface area contributed by atoms with Crippen LogP contribution in [-0.4, -0.2) is 25.2 Å². The van der Waals surface area contributed by atoms with E-state index in [-0.39, 0.29) is 17.4 Å². The van der Waals surface area contributed by atoms with Gasteiger partial charge in [-0.05, 0) is 55.3 Å². The highest BCUT2D eigenvalue weighted by atomic mass is 19.4. The largest absolute Gasteiger partial charge is 0.491 e. The Hall–Kier alpha value is -2.61. The van der Waals surface area contributed by atoms with E-state index in [1.54, 1.807) is 12.1 Å². The zero-order valence-corrected chi connectivity index (χ0v) is 14.2. The van der Waals surface area contributed by atoms with Crippen molar-refractivity contribution in [3.05, 3.63) is 59.4 Å². The number of hydrogen-bond donors (Lipinski definition) is 1. The Labute approximate surface area is 153 Å². The number of alkyl halides is 3. The van der Waals surface area contributed by atoms with E-state index in [0.717, 1.165) is 25.5 Å². The molecule has 8 heteroatoms. The van der Waals surface area contributed by atoms with Gasteiger partial charge in [-0.25, -0.2) is 4.39 Å². The minimum atomic E-state index is -4.84. The van der Waals surface area contributed by atoms with Crippen LogP contribution in [0.1, 0.15) is 28.8 Å². The number of halogens is 4. The molecule has 1 unspecified atom stereocenters. The standard InChI is InChI=1S/C19H17F4NO3/c20-17-8-5-13(10-16(17)19(21,22)23)24-18(25)12-3-6-14(7-4-12)27-11-15-2-1-9-26-15/h3-8,10,15H,1-2,9,11H2,(H,24,25). The SMILES string of the molecule is O=C(Nc1ccc(F)c(C(F)(F)F)c1)c1ccc(OCC2CCCO2)cc1. The summed E-state index contributed by atoms with van der Waals surface area (Å²) in [6.07, 6.45) is -2.83. The molecular weight excluding hydrogens is 366 g/mol. The molecule has 27 heavy (non-hydrogen) atoms. The monoisotopic (exact) mass is 383 g/mol. The predicted molar refractivity (Wildman–Crippen MR) is 90.3 cm³/mol. The van der Waals surface area contributed by atoms with Crippen molar-refractivity contribution in [1.29, 1.82) is 0 Å². The molecule has 1 aliphatic heterocycles. The third-order valence-electron chi connectivity index (χ3n) is 4.11. The van der Waals surface area contributed by atoms with Crippen molar-refractivity contribution in [2.45, 2.75) is 25.1 Å². The Balaban J connectivity index is 1.62. The second-order valence-corrected chi connectivity index (χ2v) is 6.12. The summed E-state index contributed by atoms with van der Waals surface area (Å²) in [5.74, 6) is -1.45. The fraction of sp³-hybridized carbons (Fsp3) is 0.316. The summed E-state index contributed by atoms with van der Waals surface area (Å²) >= 11 is 0. The number of ether oxygens (including phenoxy) is 2. The average Bonchev–Trinajstić information content (AvgIpc) is 3.14. The maximum atomic E-state index is 13.3. The van der Waals surface area contributed by atoms with Crippen LogP contribution in [0.2, 0.25) is 0 Å². The van der Waals surface area contributed by atoms with Crippen LogP contribution in [0.3, 0.4) is 0 Å². The molecule has 0 aromatic heterocycles. The molecule has 4 nitrogen and oxygen atoms in total. The number of hydrogen-bond acceptors (Lipinski definition) is 3. The number of amides is 1. The van der Waals surface area contributed by atoms with Gasteiger partial charge in [-0.15, -0.1) is 0 Å². The van der Waals surface area contributed by atoms with Crippen molar-refractivity contribution in [3.8, 4) is 5.75 Å². The maximum absolute atomic E-state index is 13.3. The number of carbonyl (C=O) groups is 1. The predicted octanol–water partition coefficient (Wildman–Crippen LogP) is 4.65. The molecule has 1 atom stereocenters. The molecule has 3 rings (SSSR count). The van der Waals surface area contributed by atoms with Crippen LogP contribution < -0.4 is 10.1 Å². The van der Waals surface area contributed by atoms with Crippen LogP contribution >= 0.6 is 0 Å². The van der Waals surface area contributed by atoms with Gasteiger partial charge < -0.3 is 14.8 Å². The number of anilines is 1. The normalized spacial score (nSPS) is 17.0. The summed E-state index contributed by atoms with van der Waals surface area (Å²) in [5, 5.41) is 2.33. The second-order valence-electron chi connectivity index (χ2n) is 6.12. The number of carbonyl (C=O) groups excluding carboxylic acids is 1. The summed E-state index contributed by atoms with van der Waals surface area (Å²) in [4.78, 5) is 12.2. The first kappa shape index (κ1) is 19.2. The van der Waals surface area contributed by atoms with Gasteiger partial charge in [0, 0.05) is 17.9 Å². The summed E-state index contributed by atoms with van der Waals surface area (Å²) in [6.45, 7) is 1.15. The van der Waals surface area contributed by atoms with Crippen LogP contribution in [0.4, 0.5) is 23.2 Å². The summed E-state index contributed by atoms with van der Waals surface area (Å²) < 4.78 is 62.6. The van der Waals surface area contributed by atoms with Crippen molar-refractivity contribution >= 4 is 11.6 Å². The Morgan fingerprint density at radius 1 is 1.19 bits per heavy atom. The molecule has 0 bridgehead atoms. The molecule has 0 saturated carbocycles. The van der Waals surface area contributed by atoms with Crippen LogP contribution in [0, 0.1) is 5.82 Å². The lowest BCUT2D eigenvalue weighted by atomic mass is 10.1. The van der Waals surface area contributed by atoms with E-state index in [4.69, 9.17) is 9.47 Å². The van der Waals surface area contributed by atoms with Gasteiger partial charge in [0.2, 0.25) is 0 Å². The molecule has 1 N–H and O–H groups in total. The first-order valence-corrected chi connectivity index (χ1v) is 8.35. The quantitative estimate of drug-likeness (QED) is 0.765. The zero-order chi connectivity index (χ0) is 19.4. The Bertz CT molecular complexity index is 800. The molecule has 1 fully saturated rings. The Morgan fingerprint density at radius 3 is 2.56 bits per heavy atom. The highest BCUT2D eigenvalue weighted by molar-refractivity contribution is 6.04. The van der Waals surface area contributed by atoms with Crippen molar-refractivity contribution in [3.63, 3.8) is 0 Å². The number of rotatable bonds is 5. The highest BCUT2D eigenvalue weighted by Gasteiger charge is 2.34. The molecule has 1 amide bonds. The summed E-state index contributed by atoms with van der Waals surface area (Å²) in [6, 6.07) is 8.47. The minimum Gasteiger partial charge on any atom is -0.491 e. The third kappa shape index (κ3) is 4.97. The highest BCUT2D eigenvalue weighted by Crippen LogP contribution is 2.33.